The maximum Gasteiger partial charge on any atom is 0.266 e. The van der Waals surface area contributed by atoms with Crippen LogP contribution in [0.3, 0.4) is 0 Å². The number of anilines is 1. The van der Waals surface area contributed by atoms with Gasteiger partial charge in [0.15, 0.2) is 0 Å². The van der Waals surface area contributed by atoms with Gasteiger partial charge in [0.25, 0.3) is 17.7 Å². The van der Waals surface area contributed by atoms with Gasteiger partial charge in [0.1, 0.15) is 0 Å². The molecule has 0 atom stereocenters. The number of imide groups is 1. The number of fused-ring (bicyclic) bond motifs is 2. The van der Waals surface area contributed by atoms with Gasteiger partial charge in [0.2, 0.25) is 0 Å². The Hall–Kier alpha value is -3.77. The zero-order chi connectivity index (χ0) is 23.3. The van der Waals surface area contributed by atoms with Gasteiger partial charge in [-0.2, -0.15) is 0 Å². The molecule has 4 aromatic rings. The second-order valence-corrected chi connectivity index (χ2v) is 9.33. The van der Waals surface area contributed by atoms with Crippen LogP contribution in [0.1, 0.15) is 47.8 Å². The van der Waals surface area contributed by atoms with E-state index in [1.165, 1.54) is 9.60 Å². The maximum absolute atomic E-state index is 13.2. The molecule has 0 saturated heterocycles. The lowest BCUT2D eigenvalue weighted by atomic mass is 10.0. The summed E-state index contributed by atoms with van der Waals surface area (Å²) >= 11 is 1.65. The van der Waals surface area contributed by atoms with Crippen LogP contribution in [0.15, 0.2) is 66.0 Å². The molecule has 0 unspecified atom stereocenters. The van der Waals surface area contributed by atoms with E-state index in [2.05, 4.69) is 17.5 Å². The number of nitrogens with zero attached hydrogens (tertiary/aromatic N) is 2. The lowest BCUT2D eigenvalue weighted by Crippen LogP contribution is -2.30. The van der Waals surface area contributed by atoms with E-state index in [1.807, 2.05) is 44.2 Å². The number of aryl methyl sites for hydroxylation is 2. The van der Waals surface area contributed by atoms with Gasteiger partial charge in [-0.3, -0.25) is 14.4 Å². The smallest absolute Gasteiger partial charge is 0.266 e. The predicted octanol–water partition coefficient (Wildman–Crippen LogP) is 5.59. The molecule has 3 aromatic carbocycles. The molecule has 0 N–H and O–H groups in total. The Balaban J connectivity index is 1.43. The van der Waals surface area contributed by atoms with Crippen LogP contribution < -0.4 is 4.90 Å². The minimum atomic E-state index is -0.398. The van der Waals surface area contributed by atoms with Gasteiger partial charge in [0.05, 0.1) is 16.8 Å². The second kappa shape index (κ2) is 7.98. The Morgan fingerprint density at radius 1 is 0.939 bits per heavy atom. The molecular formula is C27H22N2O3S. The first-order valence-corrected chi connectivity index (χ1v) is 11.5. The van der Waals surface area contributed by atoms with Crippen molar-refractivity contribution in [3.8, 4) is 0 Å². The monoisotopic (exact) mass is 454 g/mol. The van der Waals surface area contributed by atoms with Crippen molar-refractivity contribution in [2.75, 3.05) is 11.9 Å². The molecule has 0 radical (unpaired) electrons. The van der Waals surface area contributed by atoms with Crippen molar-refractivity contribution >= 4 is 44.8 Å². The molecule has 0 aliphatic carbocycles. The number of carbonyl (C=O) groups is 3. The number of hydrogen-bond acceptors (Lipinski definition) is 4. The van der Waals surface area contributed by atoms with Gasteiger partial charge in [-0.15, -0.1) is 11.3 Å². The molecule has 3 amide bonds. The van der Waals surface area contributed by atoms with Crippen molar-refractivity contribution in [3.05, 3.63) is 99.4 Å². The predicted molar refractivity (Wildman–Crippen MR) is 131 cm³/mol. The highest BCUT2D eigenvalue weighted by Crippen LogP contribution is 2.32. The third kappa shape index (κ3) is 3.52. The summed E-state index contributed by atoms with van der Waals surface area (Å²) in [5, 5.41) is 3.21. The fraction of sp³-hybridized carbons (Fsp3) is 0.148. The first kappa shape index (κ1) is 21.1. The average Bonchev–Trinajstić information content (AvgIpc) is 3.33. The Morgan fingerprint density at radius 2 is 1.70 bits per heavy atom. The first-order valence-electron chi connectivity index (χ1n) is 10.7. The largest absolute Gasteiger partial charge is 0.337 e. The van der Waals surface area contributed by atoms with Crippen molar-refractivity contribution in [2.24, 2.45) is 0 Å². The van der Waals surface area contributed by atoms with Gasteiger partial charge in [-0.25, -0.2) is 4.90 Å². The molecule has 0 bridgehead atoms. The summed E-state index contributed by atoms with van der Waals surface area (Å²) in [6.45, 7) is 4.25. The molecule has 5 nitrogen and oxygen atoms in total. The van der Waals surface area contributed by atoms with Crippen LogP contribution in [-0.4, -0.2) is 29.7 Å². The van der Waals surface area contributed by atoms with E-state index in [9.17, 15) is 14.4 Å². The molecule has 6 heteroatoms. The molecule has 164 valence electrons. The molecule has 1 aliphatic heterocycles. The summed E-state index contributed by atoms with van der Waals surface area (Å²) in [6.07, 6.45) is 0. The minimum absolute atomic E-state index is 0.196. The zero-order valence-corrected chi connectivity index (χ0v) is 19.4. The number of thiophene rings is 1. The fourth-order valence-electron chi connectivity index (χ4n) is 4.26. The number of rotatable bonds is 4. The topological polar surface area (TPSA) is 57.7 Å². The van der Waals surface area contributed by atoms with Crippen LogP contribution >= 0.6 is 11.3 Å². The molecule has 0 saturated carbocycles. The van der Waals surface area contributed by atoms with Crippen LogP contribution in [0.5, 0.6) is 0 Å². The standard InChI is InChI=1S/C27H22N2O3S/c1-16-8-9-17(2)23(12-16)29-26(31)21-11-10-18(13-22(21)27(29)32)25(30)28(3)14-19-15-33-24-7-5-4-6-20(19)24/h4-13,15H,14H2,1-3H3. The highest BCUT2D eigenvalue weighted by molar-refractivity contribution is 7.17. The summed E-state index contributed by atoms with van der Waals surface area (Å²) in [5.41, 5.74) is 4.44. The average molecular weight is 455 g/mol. The van der Waals surface area contributed by atoms with E-state index in [-0.39, 0.29) is 17.4 Å². The molecule has 33 heavy (non-hydrogen) atoms. The third-order valence-electron chi connectivity index (χ3n) is 6.05. The Morgan fingerprint density at radius 3 is 2.52 bits per heavy atom. The van der Waals surface area contributed by atoms with E-state index in [1.54, 1.807) is 41.5 Å². The van der Waals surface area contributed by atoms with Crippen LogP contribution in [-0.2, 0) is 6.54 Å². The lowest BCUT2D eigenvalue weighted by molar-refractivity contribution is 0.0785. The van der Waals surface area contributed by atoms with Gasteiger partial charge < -0.3 is 4.90 Å². The van der Waals surface area contributed by atoms with Crippen molar-refractivity contribution in [3.63, 3.8) is 0 Å². The van der Waals surface area contributed by atoms with Gasteiger partial charge in [0, 0.05) is 23.9 Å². The maximum atomic E-state index is 13.2. The second-order valence-electron chi connectivity index (χ2n) is 8.41. The van der Waals surface area contributed by atoms with Crippen molar-refractivity contribution < 1.29 is 14.4 Å². The van der Waals surface area contributed by atoms with Crippen LogP contribution in [0.2, 0.25) is 0 Å². The van der Waals surface area contributed by atoms with Crippen molar-refractivity contribution in [2.45, 2.75) is 20.4 Å². The van der Waals surface area contributed by atoms with Gasteiger partial charge in [-0.1, -0.05) is 30.3 Å². The lowest BCUT2D eigenvalue weighted by Gasteiger charge is -2.17. The number of benzene rings is 3. The summed E-state index contributed by atoms with van der Waals surface area (Å²) in [7, 11) is 1.75. The first-order chi connectivity index (χ1) is 15.8. The highest BCUT2D eigenvalue weighted by atomic mass is 32.1. The zero-order valence-electron chi connectivity index (χ0n) is 18.6. The molecular weight excluding hydrogens is 432 g/mol. The molecule has 2 heterocycles. The molecule has 0 spiro atoms. The Bertz CT molecular complexity index is 1450. The number of amides is 3. The number of hydrogen-bond donors (Lipinski definition) is 0. The molecule has 0 fully saturated rings. The van der Waals surface area contributed by atoms with E-state index >= 15 is 0 Å². The summed E-state index contributed by atoms with van der Waals surface area (Å²) in [6, 6.07) is 18.5. The van der Waals surface area contributed by atoms with Crippen molar-refractivity contribution in [1.29, 1.82) is 0 Å². The SMILES string of the molecule is Cc1ccc(C)c(N2C(=O)c3ccc(C(=O)N(C)Cc4csc5ccccc45)cc3C2=O)c1. The Labute approximate surface area is 195 Å². The fourth-order valence-corrected chi connectivity index (χ4v) is 5.21. The van der Waals surface area contributed by atoms with E-state index in [4.69, 9.17) is 0 Å². The third-order valence-corrected chi connectivity index (χ3v) is 7.07. The van der Waals surface area contributed by atoms with Crippen LogP contribution in [0.4, 0.5) is 5.69 Å². The summed E-state index contributed by atoms with van der Waals surface area (Å²) in [4.78, 5) is 42.2. The summed E-state index contributed by atoms with van der Waals surface area (Å²) < 4.78 is 1.18. The van der Waals surface area contributed by atoms with E-state index in [0.717, 1.165) is 22.1 Å². The van der Waals surface area contributed by atoms with E-state index < -0.39 is 5.91 Å². The minimum Gasteiger partial charge on any atom is -0.337 e. The highest BCUT2D eigenvalue weighted by Gasteiger charge is 2.38. The van der Waals surface area contributed by atoms with Crippen LogP contribution in [0.25, 0.3) is 10.1 Å². The van der Waals surface area contributed by atoms with Crippen LogP contribution in [0, 0.1) is 13.8 Å². The molecule has 1 aromatic heterocycles. The molecule has 5 rings (SSSR count). The quantitative estimate of drug-likeness (QED) is 0.378. The van der Waals surface area contributed by atoms with Crippen molar-refractivity contribution in [1.82, 2.24) is 4.90 Å². The van der Waals surface area contributed by atoms with E-state index in [0.29, 0.717) is 23.4 Å². The molecule has 1 aliphatic rings. The number of carbonyl (C=O) groups excluding carboxylic acids is 3. The summed E-state index contributed by atoms with van der Waals surface area (Å²) in [5.74, 6) is -0.954. The Kier molecular flexibility index (Phi) is 5.10. The van der Waals surface area contributed by atoms with Gasteiger partial charge >= 0.3 is 0 Å². The normalized spacial score (nSPS) is 13.0. The van der Waals surface area contributed by atoms with Gasteiger partial charge in [-0.05, 0) is 71.6 Å².